The summed E-state index contributed by atoms with van der Waals surface area (Å²) in [5.74, 6) is -6.93. The van der Waals surface area contributed by atoms with Crippen LogP contribution in [0.5, 0.6) is 0 Å². The summed E-state index contributed by atoms with van der Waals surface area (Å²) in [5, 5.41) is 24.7. The Balaban J connectivity index is 1.71. The number of carboxylic acids is 2. The second-order valence-corrected chi connectivity index (χ2v) is 23.3. The molecule has 3 rings (SSSR count). The van der Waals surface area contributed by atoms with E-state index in [9.17, 15) is 29.4 Å². The summed E-state index contributed by atoms with van der Waals surface area (Å²) >= 11 is 0. The summed E-state index contributed by atoms with van der Waals surface area (Å²) in [7, 11) is -3.90. The molecule has 1 unspecified atom stereocenters. The average molecular weight is 655 g/mol. The van der Waals surface area contributed by atoms with Gasteiger partial charge in [0, 0.05) is 17.6 Å². The van der Waals surface area contributed by atoms with E-state index >= 15 is 0 Å². The van der Waals surface area contributed by atoms with E-state index in [1.165, 1.54) is 11.1 Å². The largest absolute Gasteiger partial charge is 0.480 e. The fourth-order valence-corrected chi connectivity index (χ4v) is 16.0. The molecule has 0 saturated heterocycles. The second-order valence-electron chi connectivity index (χ2n) is 14.4. The molecule has 246 valence electrons. The van der Waals surface area contributed by atoms with E-state index in [0.29, 0.717) is 12.5 Å². The molecule has 2 aromatic carbocycles. The molecule has 0 bridgehead atoms. The third kappa shape index (κ3) is 7.75. The van der Waals surface area contributed by atoms with Crippen LogP contribution in [0.15, 0.2) is 48.5 Å². The van der Waals surface area contributed by atoms with Gasteiger partial charge in [-0.3, -0.25) is 9.59 Å². The van der Waals surface area contributed by atoms with E-state index in [2.05, 4.69) is 76.6 Å². The van der Waals surface area contributed by atoms with Gasteiger partial charge in [0.2, 0.25) is 0 Å². The highest BCUT2D eigenvalue weighted by Crippen LogP contribution is 2.52. The first kappa shape index (κ1) is 36.2. The number of unbranched alkanes of at least 4 members (excludes halogenated alkanes) is 1. The molecule has 45 heavy (non-hydrogen) atoms. The average Bonchev–Trinajstić information content (AvgIpc) is 3.15. The first-order valence-electron chi connectivity index (χ1n) is 15.8. The number of hydrogen-bond donors (Lipinski definition) is 4. The predicted molar refractivity (Wildman–Crippen MR) is 182 cm³/mol. The molecule has 0 radical (unpaired) electrons. The number of fused-ring (bicyclic) bond motifs is 1. The molecule has 0 aromatic heterocycles. The molecule has 0 spiro atoms. The SMILES string of the molecule is CCCC[Si](C)(C)O[Si](C)(C)CCCNC(=O)C(C(=O)O)(C(=O)O)C(=O)Nc1ccc(C2(C)CC(C)(C)c3ccccc32)cc1. The molecule has 0 heterocycles. The normalized spacial score (nSPS) is 17.8. The van der Waals surface area contributed by atoms with Gasteiger partial charge >= 0.3 is 17.4 Å². The second kappa shape index (κ2) is 13.6. The smallest absolute Gasteiger partial charge is 0.340 e. The van der Waals surface area contributed by atoms with Crippen molar-refractivity contribution in [2.24, 2.45) is 5.41 Å². The third-order valence-electron chi connectivity index (χ3n) is 9.07. The Hall–Kier alpha value is -3.29. The minimum atomic E-state index is -3.35. The zero-order chi connectivity index (χ0) is 33.8. The van der Waals surface area contributed by atoms with Crippen LogP contribution in [0.4, 0.5) is 5.69 Å². The summed E-state index contributed by atoms with van der Waals surface area (Å²) in [6, 6.07) is 17.0. The van der Waals surface area contributed by atoms with Gasteiger partial charge in [-0.05, 0) is 85.4 Å². The standard InChI is InChI=1S/C34H50N2O7Si2/c1-9-10-21-44(5,6)43-45(7,8)22-13-20-35-28(37)34(30(39)40,31(41)42)29(38)36-25-18-16-24(17-19-25)33(4)23-32(2,3)26-14-11-12-15-27(26)33/h11-12,14-19H,9-10,13,20-23H2,1-8H3,(H,35,37)(H,36,38)(H,39,40)(H,41,42). The van der Waals surface area contributed by atoms with E-state index in [1.54, 1.807) is 12.1 Å². The number of amides is 2. The zero-order valence-corrected chi connectivity index (χ0v) is 30.0. The number of rotatable bonds is 15. The molecule has 1 aliphatic rings. The van der Waals surface area contributed by atoms with Crippen molar-refractivity contribution in [3.05, 3.63) is 65.2 Å². The summed E-state index contributed by atoms with van der Waals surface area (Å²) in [6.45, 7) is 17.4. The first-order chi connectivity index (χ1) is 20.8. The van der Waals surface area contributed by atoms with Crippen LogP contribution in [0, 0.1) is 5.41 Å². The van der Waals surface area contributed by atoms with Crippen LogP contribution in [0.25, 0.3) is 0 Å². The first-order valence-corrected chi connectivity index (χ1v) is 22.0. The number of hydrogen-bond acceptors (Lipinski definition) is 5. The lowest BCUT2D eigenvalue weighted by Crippen LogP contribution is -2.59. The van der Waals surface area contributed by atoms with Gasteiger partial charge < -0.3 is 25.0 Å². The van der Waals surface area contributed by atoms with Crippen LogP contribution in [0.3, 0.4) is 0 Å². The molecule has 2 aromatic rings. The molecule has 4 N–H and O–H groups in total. The Morgan fingerprint density at radius 2 is 1.36 bits per heavy atom. The van der Waals surface area contributed by atoms with E-state index in [0.717, 1.165) is 30.9 Å². The maximum Gasteiger partial charge on any atom is 0.340 e. The van der Waals surface area contributed by atoms with Crippen LogP contribution in [0.1, 0.15) is 70.1 Å². The lowest BCUT2D eigenvalue weighted by molar-refractivity contribution is -0.171. The zero-order valence-electron chi connectivity index (χ0n) is 28.0. The Morgan fingerprint density at radius 1 is 0.822 bits per heavy atom. The van der Waals surface area contributed by atoms with Gasteiger partial charge in [0.25, 0.3) is 11.8 Å². The summed E-state index contributed by atoms with van der Waals surface area (Å²) < 4.78 is 6.57. The minimum absolute atomic E-state index is 0.0241. The van der Waals surface area contributed by atoms with Gasteiger partial charge in [-0.1, -0.05) is 76.9 Å². The van der Waals surface area contributed by atoms with Gasteiger partial charge in [-0.25, -0.2) is 9.59 Å². The molecule has 9 nitrogen and oxygen atoms in total. The van der Waals surface area contributed by atoms with Crippen LogP contribution < -0.4 is 10.6 Å². The summed E-state index contributed by atoms with van der Waals surface area (Å²) in [5.41, 5.74) is 0.0237. The Kier molecular flexibility index (Phi) is 10.9. The number of carbonyl (C=O) groups excluding carboxylic acids is 2. The van der Waals surface area contributed by atoms with E-state index in [1.807, 2.05) is 24.3 Å². The van der Waals surface area contributed by atoms with Crippen molar-refractivity contribution in [3.63, 3.8) is 0 Å². The fraction of sp³-hybridized carbons (Fsp3) is 0.529. The number of carboxylic acid groups (broad SMARTS) is 2. The van der Waals surface area contributed by atoms with Gasteiger partial charge in [-0.15, -0.1) is 0 Å². The van der Waals surface area contributed by atoms with Gasteiger partial charge in [0.05, 0.1) is 0 Å². The molecular formula is C34H50N2O7Si2. The van der Waals surface area contributed by atoms with Gasteiger partial charge in [-0.2, -0.15) is 0 Å². The molecule has 0 saturated carbocycles. The highest BCUT2D eigenvalue weighted by Gasteiger charge is 2.61. The van der Waals surface area contributed by atoms with Crippen LogP contribution in [-0.2, 0) is 34.1 Å². The third-order valence-corrected chi connectivity index (χ3v) is 16.6. The maximum absolute atomic E-state index is 13.3. The monoisotopic (exact) mass is 654 g/mol. The Labute approximate surface area is 269 Å². The van der Waals surface area contributed by atoms with Crippen LogP contribution >= 0.6 is 0 Å². The number of benzene rings is 2. The van der Waals surface area contributed by atoms with Crippen LogP contribution in [-0.4, -0.2) is 57.1 Å². The Morgan fingerprint density at radius 3 is 1.89 bits per heavy atom. The number of carbonyl (C=O) groups is 4. The van der Waals surface area contributed by atoms with Gasteiger partial charge in [0.15, 0.2) is 16.6 Å². The summed E-state index contributed by atoms with van der Waals surface area (Å²) in [6.07, 6.45) is 3.57. The number of anilines is 1. The van der Waals surface area contributed by atoms with Gasteiger partial charge in [0.1, 0.15) is 0 Å². The van der Waals surface area contributed by atoms with Crippen molar-refractivity contribution in [2.45, 2.75) is 102 Å². The fourth-order valence-electron chi connectivity index (χ4n) is 6.92. The molecule has 0 aliphatic heterocycles. The molecule has 11 heteroatoms. The Bertz CT molecular complexity index is 1410. The molecule has 2 amide bonds. The summed E-state index contributed by atoms with van der Waals surface area (Å²) in [4.78, 5) is 51.1. The van der Waals surface area contributed by atoms with E-state index in [4.69, 9.17) is 4.12 Å². The van der Waals surface area contributed by atoms with Crippen molar-refractivity contribution < 1.29 is 33.5 Å². The molecule has 1 atom stereocenters. The van der Waals surface area contributed by atoms with Crippen LogP contribution in [0.2, 0.25) is 38.3 Å². The minimum Gasteiger partial charge on any atom is -0.480 e. The van der Waals surface area contributed by atoms with E-state index in [-0.39, 0.29) is 23.1 Å². The molecular weight excluding hydrogens is 605 g/mol. The maximum atomic E-state index is 13.3. The highest BCUT2D eigenvalue weighted by atomic mass is 28.4. The topological polar surface area (TPSA) is 142 Å². The number of nitrogens with one attached hydrogen (secondary N) is 2. The van der Waals surface area contributed by atoms with Crippen molar-refractivity contribution in [2.75, 3.05) is 11.9 Å². The number of aliphatic carboxylic acids is 2. The predicted octanol–water partition coefficient (Wildman–Crippen LogP) is 6.50. The van der Waals surface area contributed by atoms with Crippen molar-refractivity contribution >= 4 is 46.1 Å². The van der Waals surface area contributed by atoms with E-state index < -0.39 is 45.8 Å². The lowest BCUT2D eigenvalue weighted by atomic mass is 9.75. The lowest BCUT2D eigenvalue weighted by Gasteiger charge is -2.34. The van der Waals surface area contributed by atoms with Crippen molar-refractivity contribution in [1.29, 1.82) is 0 Å². The molecule has 0 fully saturated rings. The highest BCUT2D eigenvalue weighted by molar-refractivity contribution is 6.84. The van der Waals surface area contributed by atoms with Crippen molar-refractivity contribution in [1.82, 2.24) is 5.32 Å². The quantitative estimate of drug-likeness (QED) is 0.0976. The van der Waals surface area contributed by atoms with Crippen molar-refractivity contribution in [3.8, 4) is 0 Å². The molecule has 1 aliphatic carbocycles.